The van der Waals surface area contributed by atoms with Crippen molar-refractivity contribution >= 4 is 22.1 Å². The molecule has 10 heteroatoms. The minimum absolute atomic E-state index is 0. The standard InChI is InChI=1S/C24H46O7S.2Na/c1-3-5-7-9-11-13-15-17-19-21(22(25)26)24(23(27)28,32(29,30)31)20-18-16-14-12-10-8-6-4-2;;/h21H,3-20H2,1-2H3,(H,25,26)(H,27,28)(H,29,30,31);;/q;2*+1/p-2. The molecule has 0 spiro atoms. The van der Waals surface area contributed by atoms with Gasteiger partial charge in [-0.15, -0.1) is 0 Å². The Balaban J connectivity index is -0.00000480. The van der Waals surface area contributed by atoms with Gasteiger partial charge in [-0.05, 0) is 12.8 Å². The number of aliphatic carboxylic acids is 2. The molecule has 34 heavy (non-hydrogen) atoms. The van der Waals surface area contributed by atoms with Gasteiger partial charge in [0, 0.05) is 11.9 Å². The molecule has 190 valence electrons. The van der Waals surface area contributed by atoms with Crippen LogP contribution in [-0.2, 0) is 19.7 Å². The van der Waals surface area contributed by atoms with E-state index in [0.29, 0.717) is 19.3 Å². The number of carboxylic acid groups (broad SMARTS) is 2. The minimum Gasteiger partial charge on any atom is -0.550 e. The summed E-state index contributed by atoms with van der Waals surface area (Å²) < 4.78 is 31.3. The van der Waals surface area contributed by atoms with E-state index >= 15 is 0 Å². The maximum absolute atomic E-state index is 12.2. The van der Waals surface area contributed by atoms with Gasteiger partial charge in [-0.2, -0.15) is 8.42 Å². The van der Waals surface area contributed by atoms with E-state index in [1.807, 2.05) is 0 Å². The summed E-state index contributed by atoms with van der Waals surface area (Å²) in [5.41, 5.74) is 0. The van der Waals surface area contributed by atoms with Gasteiger partial charge in [0.25, 0.3) is 10.1 Å². The topological polar surface area (TPSA) is 135 Å². The number of hydrogen-bond donors (Lipinski definition) is 1. The van der Waals surface area contributed by atoms with Crippen molar-refractivity contribution in [1.82, 2.24) is 0 Å². The Morgan fingerprint density at radius 3 is 1.38 bits per heavy atom. The van der Waals surface area contributed by atoms with Crippen molar-refractivity contribution in [2.24, 2.45) is 5.92 Å². The second kappa shape index (κ2) is 23.0. The third-order valence-electron chi connectivity index (χ3n) is 6.40. The van der Waals surface area contributed by atoms with E-state index in [0.717, 1.165) is 70.6 Å². The first-order valence-corrected chi connectivity index (χ1v) is 14.0. The number of unbranched alkanes of at least 4 members (excludes halogenated alkanes) is 14. The van der Waals surface area contributed by atoms with Gasteiger partial charge in [0.1, 0.15) is 4.75 Å². The SMILES string of the molecule is CCCCCCCCCCC(C(=O)[O-])C(CCCCCCCCCC)(C(=O)[O-])S(=O)(=O)O.[Na+].[Na+]. The van der Waals surface area contributed by atoms with Crippen LogP contribution in [0, 0.1) is 5.92 Å². The molecule has 0 rings (SSSR count). The molecule has 0 saturated carbocycles. The van der Waals surface area contributed by atoms with Gasteiger partial charge in [-0.25, -0.2) is 0 Å². The molecular weight excluding hydrogens is 478 g/mol. The molecule has 0 aromatic rings. The first-order valence-electron chi connectivity index (χ1n) is 12.5. The number of rotatable bonds is 22. The average Bonchev–Trinajstić information content (AvgIpc) is 2.71. The number of carbonyl (C=O) groups is 2. The van der Waals surface area contributed by atoms with Gasteiger partial charge >= 0.3 is 59.1 Å². The van der Waals surface area contributed by atoms with Gasteiger partial charge in [0.05, 0.1) is 5.97 Å². The molecule has 1 N–H and O–H groups in total. The average molecular weight is 523 g/mol. The minimum atomic E-state index is -5.22. The quantitative estimate of drug-likeness (QED) is 0.0969. The van der Waals surface area contributed by atoms with Crippen molar-refractivity contribution in [3.63, 3.8) is 0 Å². The Kier molecular flexibility index (Phi) is 26.6. The van der Waals surface area contributed by atoms with E-state index in [1.54, 1.807) is 0 Å². The van der Waals surface area contributed by atoms with Crippen LogP contribution >= 0.6 is 0 Å². The van der Waals surface area contributed by atoms with Crippen LogP contribution < -0.4 is 69.3 Å². The smallest absolute Gasteiger partial charge is 0.550 e. The van der Waals surface area contributed by atoms with Gasteiger partial charge in [0.15, 0.2) is 0 Å². The zero-order valence-electron chi connectivity index (χ0n) is 22.1. The molecule has 2 unspecified atom stereocenters. The molecule has 0 aromatic carbocycles. The largest absolute Gasteiger partial charge is 1.00 e. The van der Waals surface area contributed by atoms with Crippen molar-refractivity contribution in [1.29, 1.82) is 0 Å². The van der Waals surface area contributed by atoms with Crippen molar-refractivity contribution < 1.29 is 91.9 Å². The maximum Gasteiger partial charge on any atom is 1.00 e. The van der Waals surface area contributed by atoms with Gasteiger partial charge in [0.2, 0.25) is 0 Å². The first kappa shape index (κ1) is 39.4. The molecule has 0 aromatic heterocycles. The molecule has 0 saturated heterocycles. The van der Waals surface area contributed by atoms with Gasteiger partial charge in [-0.3, -0.25) is 4.55 Å². The Morgan fingerprint density at radius 1 is 0.706 bits per heavy atom. The molecule has 0 radical (unpaired) electrons. The Labute approximate surface area is 251 Å². The van der Waals surface area contributed by atoms with E-state index in [-0.39, 0.29) is 72.0 Å². The van der Waals surface area contributed by atoms with E-state index in [4.69, 9.17) is 0 Å². The number of carbonyl (C=O) groups excluding carboxylic acids is 2. The van der Waals surface area contributed by atoms with E-state index in [9.17, 15) is 32.8 Å². The Bertz CT molecular complexity index is 629. The fourth-order valence-corrected chi connectivity index (χ4v) is 5.56. The van der Waals surface area contributed by atoms with E-state index in [1.165, 1.54) is 6.42 Å². The van der Waals surface area contributed by atoms with Crippen molar-refractivity contribution in [2.45, 2.75) is 134 Å². The molecule has 0 aliphatic heterocycles. The predicted octanol–water partition coefficient (Wildman–Crippen LogP) is -2.20. The molecule has 7 nitrogen and oxygen atoms in total. The second-order valence-corrected chi connectivity index (χ2v) is 10.7. The summed E-state index contributed by atoms with van der Waals surface area (Å²) in [4.78, 5) is 23.7. The predicted molar refractivity (Wildman–Crippen MR) is 122 cm³/mol. The van der Waals surface area contributed by atoms with E-state index in [2.05, 4.69) is 13.8 Å². The number of hydrogen-bond acceptors (Lipinski definition) is 6. The molecule has 2 atom stereocenters. The third kappa shape index (κ3) is 15.2. The summed E-state index contributed by atoms with van der Waals surface area (Å²) in [7, 11) is -5.22. The normalized spacial score (nSPS) is 13.9. The summed E-state index contributed by atoms with van der Waals surface area (Å²) in [6.07, 6.45) is 13.7. The Morgan fingerprint density at radius 2 is 1.06 bits per heavy atom. The zero-order valence-corrected chi connectivity index (χ0v) is 26.9. The zero-order chi connectivity index (χ0) is 24.5. The fraction of sp³-hybridized carbons (Fsp3) is 0.917. The van der Waals surface area contributed by atoms with Crippen LogP contribution in [0.3, 0.4) is 0 Å². The van der Waals surface area contributed by atoms with E-state index < -0.39 is 39.1 Å². The summed E-state index contributed by atoms with van der Waals surface area (Å²) in [6, 6.07) is 0. The molecule has 0 aliphatic carbocycles. The molecular formula is C24H44Na2O7S. The van der Waals surface area contributed by atoms with Crippen LogP contribution in [0.25, 0.3) is 0 Å². The van der Waals surface area contributed by atoms with Crippen LogP contribution in [0.5, 0.6) is 0 Å². The molecule has 0 bridgehead atoms. The molecule has 0 amide bonds. The molecule has 0 fully saturated rings. The molecule has 0 heterocycles. The van der Waals surface area contributed by atoms with Crippen LogP contribution in [0.1, 0.15) is 129 Å². The summed E-state index contributed by atoms with van der Waals surface area (Å²) >= 11 is 0. The summed E-state index contributed by atoms with van der Waals surface area (Å²) in [6.45, 7) is 4.25. The van der Waals surface area contributed by atoms with Crippen LogP contribution in [0.4, 0.5) is 0 Å². The van der Waals surface area contributed by atoms with Crippen molar-refractivity contribution in [3.05, 3.63) is 0 Å². The van der Waals surface area contributed by atoms with Crippen LogP contribution in [0.15, 0.2) is 0 Å². The maximum atomic E-state index is 12.2. The fourth-order valence-electron chi connectivity index (χ4n) is 4.38. The van der Waals surface area contributed by atoms with Gasteiger partial charge < -0.3 is 19.8 Å². The summed E-state index contributed by atoms with van der Waals surface area (Å²) in [5, 5.41) is 23.7. The first-order chi connectivity index (χ1) is 15.1. The van der Waals surface area contributed by atoms with Crippen molar-refractivity contribution in [3.8, 4) is 0 Å². The summed E-state index contributed by atoms with van der Waals surface area (Å²) in [5.74, 6) is -5.67. The second-order valence-electron chi connectivity index (χ2n) is 9.01. The molecule has 0 aliphatic rings. The van der Waals surface area contributed by atoms with Crippen LogP contribution in [-0.4, -0.2) is 29.7 Å². The Hall–Kier alpha value is 0.850. The van der Waals surface area contributed by atoms with Crippen molar-refractivity contribution in [2.75, 3.05) is 0 Å². The van der Waals surface area contributed by atoms with Crippen LogP contribution in [0.2, 0.25) is 0 Å². The monoisotopic (exact) mass is 522 g/mol. The number of carboxylic acids is 2. The van der Waals surface area contributed by atoms with Gasteiger partial charge in [-0.1, -0.05) is 117 Å². The third-order valence-corrected chi connectivity index (χ3v) is 7.98.